The van der Waals surface area contributed by atoms with Crippen LogP contribution in [0.15, 0.2) is 48.6 Å². The third kappa shape index (κ3) is 34.2. The summed E-state index contributed by atoms with van der Waals surface area (Å²) >= 11 is 0. The molecule has 0 heterocycles. The number of allylic oxidation sites excluding steroid dienone is 8. The first kappa shape index (κ1) is 43.4. The zero-order valence-electron chi connectivity index (χ0n) is 29.7. The summed E-state index contributed by atoms with van der Waals surface area (Å²) in [7, 11) is 0. The van der Waals surface area contributed by atoms with Crippen LogP contribution < -0.4 is 5.32 Å². The molecule has 46 heavy (non-hydrogen) atoms. The fraction of sp³-hybridized carbons (Fsp3) is 0.725. The third-order valence-corrected chi connectivity index (χ3v) is 8.02. The second kappa shape index (κ2) is 35.2. The van der Waals surface area contributed by atoms with Crippen molar-refractivity contribution in [1.29, 1.82) is 0 Å². The summed E-state index contributed by atoms with van der Waals surface area (Å²) in [6, 6.07) is 0. The van der Waals surface area contributed by atoms with Gasteiger partial charge in [-0.1, -0.05) is 133 Å². The van der Waals surface area contributed by atoms with Crippen molar-refractivity contribution in [3.8, 4) is 0 Å². The molecule has 0 aliphatic carbocycles. The van der Waals surface area contributed by atoms with Gasteiger partial charge in [0.1, 0.15) is 12.6 Å². The van der Waals surface area contributed by atoms with Crippen molar-refractivity contribution in [2.24, 2.45) is 0 Å². The topological polar surface area (TPSA) is 92.7 Å². The number of carboxylic acids is 1. The molecule has 0 aromatic heterocycles. The average molecular weight is 644 g/mol. The monoisotopic (exact) mass is 644 g/mol. The Labute approximate surface area is 282 Å². The number of esters is 1. The molecule has 0 aliphatic rings. The molecule has 0 radical (unpaired) electrons. The van der Waals surface area contributed by atoms with Crippen molar-refractivity contribution < 1.29 is 24.2 Å². The molecule has 0 saturated carbocycles. The molecule has 6 nitrogen and oxygen atoms in total. The Kier molecular flexibility index (Phi) is 33.2. The van der Waals surface area contributed by atoms with Gasteiger partial charge in [-0.2, -0.15) is 0 Å². The maximum Gasteiger partial charge on any atom is 0.322 e. The van der Waals surface area contributed by atoms with Gasteiger partial charge in [0.15, 0.2) is 0 Å². The number of hydrogen-bond acceptors (Lipinski definition) is 4. The highest BCUT2D eigenvalue weighted by Crippen LogP contribution is 2.17. The molecule has 1 atom stereocenters. The van der Waals surface area contributed by atoms with Gasteiger partial charge in [0, 0.05) is 12.8 Å². The first-order valence-corrected chi connectivity index (χ1v) is 18.8. The molecule has 0 aromatic carbocycles. The van der Waals surface area contributed by atoms with E-state index in [1.807, 2.05) is 0 Å². The quantitative estimate of drug-likeness (QED) is 0.0422. The minimum absolute atomic E-state index is 0.0335. The summed E-state index contributed by atoms with van der Waals surface area (Å²) in [5.74, 6) is -1.33. The van der Waals surface area contributed by atoms with Crippen molar-refractivity contribution in [2.75, 3.05) is 6.54 Å². The minimum atomic E-state index is -1.03. The molecule has 0 aliphatic heterocycles. The van der Waals surface area contributed by atoms with Gasteiger partial charge in [-0.05, 0) is 77.0 Å². The first-order chi connectivity index (χ1) is 22.5. The number of unbranched alkanes of at least 4 members (excludes halogenated alkanes) is 14. The van der Waals surface area contributed by atoms with Gasteiger partial charge in [-0.25, -0.2) is 0 Å². The van der Waals surface area contributed by atoms with Crippen LogP contribution in [0.4, 0.5) is 0 Å². The number of aliphatic carboxylic acids is 1. The van der Waals surface area contributed by atoms with E-state index in [4.69, 9.17) is 9.84 Å². The van der Waals surface area contributed by atoms with Gasteiger partial charge in [0.05, 0.1) is 0 Å². The lowest BCUT2D eigenvalue weighted by atomic mass is 10.0. The van der Waals surface area contributed by atoms with E-state index in [9.17, 15) is 14.4 Å². The highest BCUT2D eigenvalue weighted by Gasteiger charge is 2.14. The van der Waals surface area contributed by atoms with Crippen LogP contribution in [0.3, 0.4) is 0 Å². The van der Waals surface area contributed by atoms with Crippen LogP contribution in [0.2, 0.25) is 0 Å². The molecule has 0 saturated heterocycles. The zero-order valence-corrected chi connectivity index (χ0v) is 29.7. The van der Waals surface area contributed by atoms with Crippen LogP contribution in [-0.2, 0) is 19.1 Å². The molecule has 0 aromatic rings. The van der Waals surface area contributed by atoms with Crippen LogP contribution in [0.5, 0.6) is 0 Å². The number of ether oxygens (including phenoxy) is 1. The van der Waals surface area contributed by atoms with Crippen LogP contribution >= 0.6 is 0 Å². The number of nitrogens with one attached hydrogen (secondary N) is 1. The number of amides is 1. The average Bonchev–Trinajstić information content (AvgIpc) is 3.03. The van der Waals surface area contributed by atoms with Crippen molar-refractivity contribution in [3.05, 3.63) is 48.6 Å². The summed E-state index contributed by atoms with van der Waals surface area (Å²) in [5, 5.41) is 11.0. The molecule has 1 amide bonds. The number of carbonyl (C=O) groups is 3. The second-order valence-corrected chi connectivity index (χ2v) is 12.5. The summed E-state index contributed by atoms with van der Waals surface area (Å²) in [6.07, 6.45) is 44.1. The van der Waals surface area contributed by atoms with Crippen LogP contribution in [0, 0.1) is 0 Å². The summed E-state index contributed by atoms with van der Waals surface area (Å²) < 4.78 is 5.84. The van der Waals surface area contributed by atoms with Crippen LogP contribution in [0.1, 0.15) is 174 Å². The predicted octanol–water partition coefficient (Wildman–Crippen LogP) is 11.1. The summed E-state index contributed by atoms with van der Waals surface area (Å²) in [5.41, 5.74) is 0. The highest BCUT2D eigenvalue weighted by molar-refractivity contribution is 5.80. The Morgan fingerprint density at radius 2 is 1.07 bits per heavy atom. The molecule has 1 unspecified atom stereocenters. The molecular formula is C40H69NO5. The molecule has 0 bridgehead atoms. The van der Waals surface area contributed by atoms with E-state index in [1.165, 1.54) is 57.8 Å². The summed E-state index contributed by atoms with van der Waals surface area (Å²) in [4.78, 5) is 34.6. The van der Waals surface area contributed by atoms with Gasteiger partial charge < -0.3 is 15.2 Å². The summed E-state index contributed by atoms with van der Waals surface area (Å²) in [6.45, 7) is 4.00. The lowest BCUT2D eigenvalue weighted by molar-refractivity contribution is -0.150. The Morgan fingerprint density at radius 1 is 0.587 bits per heavy atom. The molecule has 6 heteroatoms. The second-order valence-electron chi connectivity index (χ2n) is 12.5. The lowest BCUT2D eigenvalue weighted by Gasteiger charge is -2.18. The Bertz CT molecular complexity index is 845. The van der Waals surface area contributed by atoms with Gasteiger partial charge in [0.2, 0.25) is 5.91 Å². The van der Waals surface area contributed by atoms with Gasteiger partial charge >= 0.3 is 11.9 Å². The van der Waals surface area contributed by atoms with E-state index in [0.717, 1.165) is 83.5 Å². The molecule has 0 fully saturated rings. The minimum Gasteiger partial charge on any atom is -0.480 e. The van der Waals surface area contributed by atoms with Gasteiger partial charge in [-0.3, -0.25) is 14.4 Å². The number of carboxylic acid groups (broad SMARTS) is 1. The predicted molar refractivity (Wildman–Crippen MR) is 194 cm³/mol. The molecule has 264 valence electrons. The van der Waals surface area contributed by atoms with Gasteiger partial charge in [-0.15, -0.1) is 0 Å². The highest BCUT2D eigenvalue weighted by atomic mass is 16.5. The van der Waals surface area contributed by atoms with E-state index < -0.39 is 5.97 Å². The Morgan fingerprint density at radius 3 is 1.63 bits per heavy atom. The first-order valence-electron chi connectivity index (χ1n) is 18.8. The van der Waals surface area contributed by atoms with Crippen molar-refractivity contribution in [2.45, 2.75) is 180 Å². The lowest BCUT2D eigenvalue weighted by Crippen LogP contribution is -2.28. The number of rotatable bonds is 33. The zero-order chi connectivity index (χ0) is 33.8. The SMILES string of the molecule is CC/C=C\C/C=C\C/C=C\C/C=C\CCCCCCCCCCCCC(=O)OC(CCCCC)CCCCCC(=O)NCC(=O)O. The maximum atomic E-state index is 12.5. The molecular weight excluding hydrogens is 574 g/mol. The van der Waals surface area contributed by atoms with Gasteiger partial charge in [0.25, 0.3) is 0 Å². The van der Waals surface area contributed by atoms with E-state index in [0.29, 0.717) is 19.3 Å². The van der Waals surface area contributed by atoms with E-state index >= 15 is 0 Å². The third-order valence-electron chi connectivity index (χ3n) is 8.02. The molecule has 0 spiro atoms. The van der Waals surface area contributed by atoms with E-state index in [-0.39, 0.29) is 24.5 Å². The smallest absolute Gasteiger partial charge is 0.322 e. The van der Waals surface area contributed by atoms with Crippen LogP contribution in [-0.4, -0.2) is 35.6 Å². The normalized spacial score (nSPS) is 12.6. The van der Waals surface area contributed by atoms with Crippen LogP contribution in [0.25, 0.3) is 0 Å². The molecule has 2 N–H and O–H groups in total. The van der Waals surface area contributed by atoms with Crippen molar-refractivity contribution >= 4 is 17.8 Å². The number of hydrogen-bond donors (Lipinski definition) is 2. The maximum absolute atomic E-state index is 12.5. The fourth-order valence-corrected chi connectivity index (χ4v) is 5.27. The standard InChI is InChI=1S/C40H69NO5/c1-3-5-7-8-9-10-11-12-13-14-15-16-17-18-19-20-21-22-23-24-25-26-31-35-40(45)46-37(32-28-6-4-2)33-29-27-30-34-38(42)41-36-39(43)44/h5,7,9-10,12-13,15-16,37H,3-4,6,8,11,14,17-36H2,1-2H3,(H,41,42)(H,43,44)/b7-5-,10-9-,13-12-,16-15-. The molecule has 0 rings (SSSR count). The largest absolute Gasteiger partial charge is 0.480 e. The van der Waals surface area contributed by atoms with E-state index in [1.54, 1.807) is 0 Å². The van der Waals surface area contributed by atoms with Crippen molar-refractivity contribution in [1.82, 2.24) is 5.32 Å². The fourth-order valence-electron chi connectivity index (χ4n) is 5.27. The number of carbonyl (C=O) groups excluding carboxylic acids is 2. The van der Waals surface area contributed by atoms with Crippen molar-refractivity contribution in [3.63, 3.8) is 0 Å². The van der Waals surface area contributed by atoms with E-state index in [2.05, 4.69) is 67.8 Å². The Hall–Kier alpha value is -2.63. The Balaban J connectivity index is 3.73.